The fraction of sp³-hybridized carbons (Fsp3) is 0.619. The molecular formula is C21H29IN4O2. The molecule has 0 aromatic heterocycles. The quantitative estimate of drug-likeness (QED) is 0.383. The van der Waals surface area contributed by atoms with Crippen LogP contribution >= 0.6 is 24.0 Å². The average molecular weight is 496 g/mol. The van der Waals surface area contributed by atoms with Crippen molar-refractivity contribution in [2.75, 3.05) is 31.5 Å². The van der Waals surface area contributed by atoms with E-state index in [4.69, 9.17) is 9.73 Å². The Morgan fingerprint density at radius 1 is 1.25 bits per heavy atom. The topological polar surface area (TPSA) is 66.0 Å². The van der Waals surface area contributed by atoms with Crippen LogP contribution in [0.5, 0.6) is 0 Å². The van der Waals surface area contributed by atoms with Crippen LogP contribution in [0.25, 0.3) is 0 Å². The number of amides is 1. The molecule has 0 spiro atoms. The van der Waals surface area contributed by atoms with Crippen LogP contribution < -0.4 is 10.6 Å². The molecule has 3 fully saturated rings. The number of guanidine groups is 1. The van der Waals surface area contributed by atoms with Gasteiger partial charge in [0.05, 0.1) is 18.1 Å². The van der Waals surface area contributed by atoms with Crippen LogP contribution in [-0.4, -0.2) is 55.2 Å². The number of anilines is 1. The van der Waals surface area contributed by atoms with Gasteiger partial charge in [0.25, 0.3) is 0 Å². The van der Waals surface area contributed by atoms with Crippen molar-refractivity contribution < 1.29 is 9.53 Å². The van der Waals surface area contributed by atoms with Crippen molar-refractivity contribution in [2.24, 2.45) is 16.8 Å². The number of para-hydroxylation sites is 1. The normalized spacial score (nSPS) is 32.8. The maximum Gasteiger partial charge on any atom is 0.232 e. The minimum Gasteiger partial charge on any atom is -0.374 e. The van der Waals surface area contributed by atoms with Gasteiger partial charge in [-0.1, -0.05) is 18.2 Å². The first-order valence-electron chi connectivity index (χ1n) is 10.3. The van der Waals surface area contributed by atoms with Gasteiger partial charge in [-0.05, 0) is 37.8 Å². The Labute approximate surface area is 183 Å². The zero-order valence-electron chi connectivity index (χ0n) is 16.3. The Hall–Kier alpha value is -1.35. The zero-order valence-corrected chi connectivity index (χ0v) is 18.6. The number of likely N-dealkylation sites (tertiary alicyclic amines) is 1. The number of hydrogen-bond donors (Lipinski definition) is 2. The zero-order chi connectivity index (χ0) is 18.4. The van der Waals surface area contributed by atoms with Gasteiger partial charge >= 0.3 is 0 Å². The summed E-state index contributed by atoms with van der Waals surface area (Å²) >= 11 is 0. The molecule has 2 bridgehead atoms. The van der Waals surface area contributed by atoms with Crippen molar-refractivity contribution in [3.63, 3.8) is 0 Å². The second-order valence-electron chi connectivity index (χ2n) is 8.18. The monoisotopic (exact) mass is 496 g/mol. The molecule has 0 radical (unpaired) electrons. The van der Waals surface area contributed by atoms with Gasteiger partial charge in [0, 0.05) is 43.7 Å². The van der Waals surface area contributed by atoms with Gasteiger partial charge in [-0.25, -0.2) is 0 Å². The number of rotatable bonds is 4. The number of nitrogens with zero attached hydrogens (tertiary/aromatic N) is 2. The molecule has 0 aliphatic carbocycles. The van der Waals surface area contributed by atoms with Crippen molar-refractivity contribution in [1.82, 2.24) is 10.2 Å². The lowest BCUT2D eigenvalue weighted by Gasteiger charge is -2.23. The lowest BCUT2D eigenvalue weighted by molar-refractivity contribution is -0.117. The van der Waals surface area contributed by atoms with E-state index in [-0.39, 0.29) is 35.8 Å². The molecule has 4 aliphatic rings. The van der Waals surface area contributed by atoms with Crippen molar-refractivity contribution in [2.45, 2.75) is 44.3 Å². The number of hydrogen-bond acceptors (Lipinski definition) is 3. The Balaban J connectivity index is 0.00000192. The molecule has 7 heteroatoms. The standard InChI is InChI=1S/C21H28N4O2.HI/c1-2-22-21(25-11-15-16(12-25)19-8-7-18(15)27-19)23-10-9-14-13-5-3-4-6-17(13)24-20(14)26;/h3-6,14-16,18-19H,2,7-12H2,1H3,(H,22,23)(H,24,26);1H. The van der Waals surface area contributed by atoms with Crippen LogP contribution in [0.4, 0.5) is 5.69 Å². The first kappa shape index (κ1) is 19.9. The summed E-state index contributed by atoms with van der Waals surface area (Å²) < 4.78 is 6.09. The highest BCUT2D eigenvalue weighted by Gasteiger charge is 2.53. The molecule has 6 nitrogen and oxygen atoms in total. The van der Waals surface area contributed by atoms with Gasteiger partial charge in [-0.2, -0.15) is 0 Å². The van der Waals surface area contributed by atoms with E-state index in [1.807, 2.05) is 24.3 Å². The molecule has 1 amide bonds. The van der Waals surface area contributed by atoms with E-state index >= 15 is 0 Å². The third kappa shape index (κ3) is 3.40. The van der Waals surface area contributed by atoms with Crippen LogP contribution in [0.2, 0.25) is 0 Å². The Bertz CT molecular complexity index is 753. The molecule has 28 heavy (non-hydrogen) atoms. The molecule has 152 valence electrons. The van der Waals surface area contributed by atoms with E-state index < -0.39 is 0 Å². The summed E-state index contributed by atoms with van der Waals surface area (Å²) in [7, 11) is 0. The number of fused-ring (bicyclic) bond motifs is 6. The van der Waals surface area contributed by atoms with Crippen LogP contribution in [0.3, 0.4) is 0 Å². The Morgan fingerprint density at radius 2 is 1.96 bits per heavy atom. The molecular weight excluding hydrogens is 467 g/mol. The summed E-state index contributed by atoms with van der Waals surface area (Å²) in [6, 6.07) is 7.98. The molecule has 1 aromatic carbocycles. The minimum atomic E-state index is -0.0879. The molecule has 1 aromatic rings. The SMILES string of the molecule is CCNC(=NCCC1C(=O)Nc2ccccc21)N1CC2C3CCC(O3)C2C1.I. The first-order valence-corrected chi connectivity index (χ1v) is 10.3. The highest BCUT2D eigenvalue weighted by Crippen LogP contribution is 2.47. The van der Waals surface area contributed by atoms with Crippen LogP contribution in [0.1, 0.15) is 37.7 Å². The average Bonchev–Trinajstić information content (AvgIpc) is 3.42. The van der Waals surface area contributed by atoms with Crippen molar-refractivity contribution in [3.05, 3.63) is 29.8 Å². The van der Waals surface area contributed by atoms with Crippen molar-refractivity contribution >= 4 is 41.5 Å². The largest absolute Gasteiger partial charge is 0.374 e. The van der Waals surface area contributed by atoms with Gasteiger partial charge in [0.2, 0.25) is 5.91 Å². The van der Waals surface area contributed by atoms with Gasteiger partial charge in [-0.3, -0.25) is 9.79 Å². The first-order chi connectivity index (χ1) is 13.2. The minimum absolute atomic E-state index is 0. The molecule has 0 saturated carbocycles. The second-order valence-corrected chi connectivity index (χ2v) is 8.18. The van der Waals surface area contributed by atoms with Gasteiger partial charge in [0.15, 0.2) is 5.96 Å². The third-order valence-electron chi connectivity index (χ3n) is 6.68. The van der Waals surface area contributed by atoms with E-state index in [9.17, 15) is 4.79 Å². The second kappa shape index (κ2) is 8.18. The summed E-state index contributed by atoms with van der Waals surface area (Å²) in [4.78, 5) is 19.6. The van der Waals surface area contributed by atoms with Gasteiger partial charge < -0.3 is 20.3 Å². The number of nitrogens with one attached hydrogen (secondary N) is 2. The predicted octanol–water partition coefficient (Wildman–Crippen LogP) is 2.81. The summed E-state index contributed by atoms with van der Waals surface area (Å²) in [5.74, 6) is 2.34. The van der Waals surface area contributed by atoms with Gasteiger partial charge in [-0.15, -0.1) is 24.0 Å². The number of carbonyl (C=O) groups is 1. The van der Waals surface area contributed by atoms with E-state index in [1.165, 1.54) is 12.8 Å². The molecule has 5 rings (SSSR count). The van der Waals surface area contributed by atoms with Crippen LogP contribution in [0.15, 0.2) is 29.3 Å². The summed E-state index contributed by atoms with van der Waals surface area (Å²) in [5, 5.41) is 6.44. The highest BCUT2D eigenvalue weighted by molar-refractivity contribution is 14.0. The summed E-state index contributed by atoms with van der Waals surface area (Å²) in [6.45, 7) is 5.72. The summed E-state index contributed by atoms with van der Waals surface area (Å²) in [6.07, 6.45) is 4.12. The number of benzene rings is 1. The van der Waals surface area contributed by atoms with E-state index in [1.54, 1.807) is 0 Å². The summed E-state index contributed by atoms with van der Waals surface area (Å²) in [5.41, 5.74) is 2.05. The molecule has 2 N–H and O–H groups in total. The van der Waals surface area contributed by atoms with E-state index in [0.29, 0.717) is 30.6 Å². The molecule has 4 heterocycles. The number of carbonyl (C=O) groups excluding carboxylic acids is 1. The third-order valence-corrected chi connectivity index (χ3v) is 6.68. The maximum absolute atomic E-state index is 12.3. The van der Waals surface area contributed by atoms with Crippen molar-refractivity contribution in [3.8, 4) is 0 Å². The molecule has 3 saturated heterocycles. The Morgan fingerprint density at radius 3 is 2.68 bits per heavy atom. The Kier molecular flexibility index (Phi) is 5.83. The lowest BCUT2D eigenvalue weighted by atomic mass is 9.82. The number of ether oxygens (including phenoxy) is 1. The van der Waals surface area contributed by atoms with Crippen LogP contribution in [-0.2, 0) is 9.53 Å². The molecule has 4 aliphatic heterocycles. The fourth-order valence-corrected chi connectivity index (χ4v) is 5.42. The van der Waals surface area contributed by atoms with E-state index in [0.717, 1.165) is 43.3 Å². The number of halogens is 1. The van der Waals surface area contributed by atoms with Crippen molar-refractivity contribution in [1.29, 1.82) is 0 Å². The lowest BCUT2D eigenvalue weighted by Crippen LogP contribution is -2.41. The molecule has 5 atom stereocenters. The van der Waals surface area contributed by atoms with Crippen LogP contribution in [0, 0.1) is 11.8 Å². The smallest absolute Gasteiger partial charge is 0.232 e. The maximum atomic E-state index is 12.3. The fourth-order valence-electron chi connectivity index (χ4n) is 5.42. The highest BCUT2D eigenvalue weighted by atomic mass is 127. The predicted molar refractivity (Wildman–Crippen MR) is 120 cm³/mol. The van der Waals surface area contributed by atoms with Gasteiger partial charge in [0.1, 0.15) is 0 Å². The number of aliphatic imine (C=N–C) groups is 1. The van der Waals surface area contributed by atoms with E-state index in [2.05, 4.69) is 22.5 Å². The molecule has 5 unspecified atom stereocenters.